The van der Waals surface area contributed by atoms with E-state index in [-0.39, 0.29) is 11.5 Å². The number of ether oxygens (including phenoxy) is 1. The van der Waals surface area contributed by atoms with Crippen molar-refractivity contribution in [2.45, 2.75) is 0 Å². The van der Waals surface area contributed by atoms with E-state index in [1.807, 2.05) is 0 Å². The number of benzene rings is 2. The fraction of sp³-hybridized carbons (Fsp3) is 0.0556. The molecule has 0 amide bonds. The molecule has 0 aliphatic carbocycles. The summed E-state index contributed by atoms with van der Waals surface area (Å²) in [5.74, 6) is -0.593. The average molecular weight is 332 g/mol. The molecule has 0 N–H and O–H groups in total. The van der Waals surface area contributed by atoms with E-state index in [2.05, 4.69) is 11.6 Å². The smallest absolute Gasteiger partial charge is 0.222 e. The van der Waals surface area contributed by atoms with Gasteiger partial charge in [0.2, 0.25) is 5.90 Å². The van der Waals surface area contributed by atoms with Gasteiger partial charge in [-0.25, -0.2) is 13.8 Å². The van der Waals surface area contributed by atoms with Gasteiger partial charge in [0, 0.05) is 22.2 Å². The lowest BCUT2D eigenvalue weighted by Gasteiger charge is -2.10. The zero-order valence-electron chi connectivity index (χ0n) is 12.0. The Bertz CT molecular complexity index is 825. The van der Waals surface area contributed by atoms with Crippen molar-refractivity contribution >= 4 is 29.1 Å². The van der Waals surface area contributed by atoms with Crippen molar-refractivity contribution in [3.8, 4) is 0 Å². The maximum absolute atomic E-state index is 14.2. The van der Waals surface area contributed by atoms with Gasteiger partial charge in [0.05, 0.1) is 0 Å². The van der Waals surface area contributed by atoms with Gasteiger partial charge < -0.3 is 4.74 Å². The van der Waals surface area contributed by atoms with Crippen molar-refractivity contribution in [1.29, 1.82) is 0 Å². The van der Waals surface area contributed by atoms with E-state index >= 15 is 0 Å². The molecule has 0 spiro atoms. The van der Waals surface area contributed by atoms with Gasteiger partial charge in [-0.15, -0.1) is 0 Å². The first-order valence-electron chi connectivity index (χ1n) is 6.86. The summed E-state index contributed by atoms with van der Waals surface area (Å²) in [6.45, 7) is 4.02. The molecule has 0 radical (unpaired) electrons. The van der Waals surface area contributed by atoms with Crippen LogP contribution in [-0.4, -0.2) is 12.4 Å². The standard InChI is InChI=1S/C18H12ClF2NO/c1-11-10-22-18(23-11)16(8-12-2-4-13(19)5-3-12)15-7-6-14(20)9-17(15)21/h2-9H,1,10H2/b16-8+. The summed E-state index contributed by atoms with van der Waals surface area (Å²) in [4.78, 5) is 4.21. The summed E-state index contributed by atoms with van der Waals surface area (Å²) < 4.78 is 32.8. The van der Waals surface area contributed by atoms with E-state index in [4.69, 9.17) is 16.3 Å². The average Bonchev–Trinajstić information content (AvgIpc) is 2.94. The Morgan fingerprint density at radius 1 is 1.17 bits per heavy atom. The summed E-state index contributed by atoms with van der Waals surface area (Å²) in [5.41, 5.74) is 1.41. The largest absolute Gasteiger partial charge is 0.442 e. The van der Waals surface area contributed by atoms with Crippen molar-refractivity contribution in [3.63, 3.8) is 0 Å². The minimum Gasteiger partial charge on any atom is -0.442 e. The van der Waals surface area contributed by atoms with Crippen LogP contribution in [-0.2, 0) is 4.74 Å². The first-order chi connectivity index (χ1) is 11.0. The van der Waals surface area contributed by atoms with Crippen LogP contribution in [0, 0.1) is 11.6 Å². The molecule has 1 aliphatic heterocycles. The molecule has 0 saturated carbocycles. The zero-order valence-corrected chi connectivity index (χ0v) is 12.8. The lowest BCUT2D eigenvalue weighted by Crippen LogP contribution is -2.04. The lowest BCUT2D eigenvalue weighted by molar-refractivity contribution is 0.446. The van der Waals surface area contributed by atoms with Crippen LogP contribution in [0.15, 0.2) is 59.8 Å². The van der Waals surface area contributed by atoms with Gasteiger partial charge >= 0.3 is 0 Å². The van der Waals surface area contributed by atoms with E-state index in [1.165, 1.54) is 12.1 Å². The molecular weight excluding hydrogens is 320 g/mol. The van der Waals surface area contributed by atoms with Gasteiger partial charge in [-0.1, -0.05) is 30.3 Å². The highest BCUT2D eigenvalue weighted by molar-refractivity contribution is 6.30. The summed E-state index contributed by atoms with van der Waals surface area (Å²) in [5, 5.41) is 0.597. The van der Waals surface area contributed by atoms with Crippen LogP contribution >= 0.6 is 11.6 Å². The molecule has 2 nitrogen and oxygen atoms in total. The number of nitrogens with zero attached hydrogens (tertiary/aromatic N) is 1. The maximum Gasteiger partial charge on any atom is 0.222 e. The summed E-state index contributed by atoms with van der Waals surface area (Å²) in [6, 6.07) is 10.4. The number of aliphatic imine (C=N–C) groups is 1. The topological polar surface area (TPSA) is 21.6 Å². The quantitative estimate of drug-likeness (QED) is 0.717. The van der Waals surface area contributed by atoms with E-state index < -0.39 is 11.6 Å². The Morgan fingerprint density at radius 3 is 2.52 bits per heavy atom. The van der Waals surface area contributed by atoms with Gasteiger partial charge in [0.15, 0.2) is 0 Å². The van der Waals surface area contributed by atoms with E-state index in [0.717, 1.165) is 11.6 Å². The molecule has 2 aromatic carbocycles. The van der Waals surface area contributed by atoms with E-state index in [0.29, 0.717) is 22.9 Å². The van der Waals surface area contributed by atoms with Crippen molar-refractivity contribution in [2.24, 2.45) is 4.99 Å². The Balaban J connectivity index is 2.10. The second-order valence-electron chi connectivity index (χ2n) is 5.00. The van der Waals surface area contributed by atoms with Crippen molar-refractivity contribution in [3.05, 3.63) is 82.6 Å². The number of halogens is 3. The highest BCUT2D eigenvalue weighted by atomic mass is 35.5. The third-order valence-corrected chi connectivity index (χ3v) is 3.52. The van der Waals surface area contributed by atoms with Gasteiger partial charge in [0.1, 0.15) is 23.9 Å². The van der Waals surface area contributed by atoms with Crippen molar-refractivity contribution < 1.29 is 13.5 Å². The molecule has 0 aromatic heterocycles. The van der Waals surface area contributed by atoms with Gasteiger partial charge in [-0.3, -0.25) is 0 Å². The monoisotopic (exact) mass is 331 g/mol. The maximum atomic E-state index is 14.2. The van der Waals surface area contributed by atoms with Crippen molar-refractivity contribution in [2.75, 3.05) is 6.54 Å². The third kappa shape index (κ3) is 3.48. The van der Waals surface area contributed by atoms with Crippen LogP contribution in [0.5, 0.6) is 0 Å². The second kappa shape index (κ2) is 6.34. The van der Waals surface area contributed by atoms with Crippen molar-refractivity contribution in [1.82, 2.24) is 0 Å². The van der Waals surface area contributed by atoms with Crippen LogP contribution in [0.4, 0.5) is 8.78 Å². The first-order valence-corrected chi connectivity index (χ1v) is 7.24. The lowest BCUT2D eigenvalue weighted by atomic mass is 10.0. The Hall–Kier alpha value is -2.46. The van der Waals surface area contributed by atoms with Crippen LogP contribution in [0.25, 0.3) is 11.6 Å². The first kappa shape index (κ1) is 15.4. The number of hydrogen-bond acceptors (Lipinski definition) is 2. The Morgan fingerprint density at radius 2 is 1.91 bits per heavy atom. The third-order valence-electron chi connectivity index (χ3n) is 3.27. The van der Waals surface area contributed by atoms with E-state index in [9.17, 15) is 8.78 Å². The molecule has 116 valence electrons. The highest BCUT2D eigenvalue weighted by Crippen LogP contribution is 2.27. The van der Waals surface area contributed by atoms with Gasteiger partial charge in [-0.05, 0) is 35.9 Å². The molecule has 0 bridgehead atoms. The van der Waals surface area contributed by atoms with Crippen LogP contribution in [0.2, 0.25) is 5.02 Å². The second-order valence-corrected chi connectivity index (χ2v) is 5.43. The molecule has 2 aromatic rings. The van der Waals surface area contributed by atoms with Crippen LogP contribution in [0.1, 0.15) is 11.1 Å². The molecule has 0 unspecified atom stereocenters. The molecule has 23 heavy (non-hydrogen) atoms. The molecule has 5 heteroatoms. The van der Waals surface area contributed by atoms with Gasteiger partial charge in [0.25, 0.3) is 0 Å². The molecule has 0 fully saturated rings. The van der Waals surface area contributed by atoms with Gasteiger partial charge in [-0.2, -0.15) is 0 Å². The summed E-state index contributed by atoms with van der Waals surface area (Å²) >= 11 is 5.87. The number of hydrogen-bond donors (Lipinski definition) is 0. The fourth-order valence-electron chi connectivity index (χ4n) is 2.19. The zero-order chi connectivity index (χ0) is 16.4. The van der Waals surface area contributed by atoms with E-state index in [1.54, 1.807) is 30.3 Å². The molecule has 0 atom stereocenters. The predicted molar refractivity (Wildman–Crippen MR) is 88.2 cm³/mol. The normalized spacial score (nSPS) is 14.7. The minimum absolute atomic E-state index is 0.204. The summed E-state index contributed by atoms with van der Waals surface area (Å²) in [6.07, 6.45) is 1.71. The minimum atomic E-state index is -0.686. The SMILES string of the molecule is C=C1CN=C(/C(=C/c2ccc(Cl)cc2)c2ccc(F)cc2F)O1. The molecule has 0 saturated heterocycles. The van der Waals surface area contributed by atoms with Crippen LogP contribution in [0.3, 0.4) is 0 Å². The highest BCUT2D eigenvalue weighted by Gasteiger charge is 2.21. The Kier molecular flexibility index (Phi) is 4.26. The molecular formula is C18H12ClF2NO. The molecule has 1 aliphatic rings. The molecule has 3 rings (SSSR count). The van der Waals surface area contributed by atoms with Crippen LogP contribution < -0.4 is 0 Å². The predicted octanol–water partition coefficient (Wildman–Crippen LogP) is 5.10. The summed E-state index contributed by atoms with van der Waals surface area (Å²) in [7, 11) is 0. The molecule has 1 heterocycles. The Labute approximate surface area is 137 Å². The number of rotatable bonds is 3. The fourth-order valence-corrected chi connectivity index (χ4v) is 2.32.